The summed E-state index contributed by atoms with van der Waals surface area (Å²) in [5, 5.41) is 8.41. The Kier molecular flexibility index (Phi) is 6.70. The summed E-state index contributed by atoms with van der Waals surface area (Å²) < 4.78 is 30.9. The Morgan fingerprint density at radius 3 is 2.58 bits per heavy atom. The largest absolute Gasteiger partial charge is 0.366 e. The minimum absolute atomic E-state index is 0.254. The summed E-state index contributed by atoms with van der Waals surface area (Å²) in [6.45, 7) is 2.20. The summed E-state index contributed by atoms with van der Waals surface area (Å²) in [4.78, 5) is 4.98. The Morgan fingerprint density at radius 2 is 1.78 bits per heavy atom. The number of aryl methyl sites for hydroxylation is 1. The molecule has 0 aliphatic carbocycles. The molecule has 0 amide bonds. The Bertz CT molecular complexity index is 1690. The molecule has 2 N–H and O–H groups in total. The second-order valence-corrected chi connectivity index (χ2v) is 11.1. The van der Waals surface area contributed by atoms with Crippen LogP contribution >= 0.6 is 27.5 Å². The van der Waals surface area contributed by atoms with Crippen LogP contribution in [0.1, 0.15) is 11.1 Å². The lowest BCUT2D eigenvalue weighted by Gasteiger charge is -2.13. The molecule has 3 aromatic carbocycles. The zero-order chi connectivity index (χ0) is 25.3. The van der Waals surface area contributed by atoms with E-state index in [0.29, 0.717) is 40.0 Å². The lowest BCUT2D eigenvalue weighted by Crippen LogP contribution is -2.14. The van der Waals surface area contributed by atoms with Crippen molar-refractivity contribution in [2.45, 2.75) is 18.4 Å². The normalized spacial score (nSPS) is 11.5. The van der Waals surface area contributed by atoms with Gasteiger partial charge >= 0.3 is 0 Å². The molecule has 182 valence electrons. The highest BCUT2D eigenvalue weighted by Crippen LogP contribution is 2.30. The highest BCUT2D eigenvalue weighted by Gasteiger charge is 2.17. The van der Waals surface area contributed by atoms with E-state index in [0.717, 1.165) is 15.6 Å². The van der Waals surface area contributed by atoms with Gasteiger partial charge in [0.2, 0.25) is 0 Å². The first-order valence-corrected chi connectivity index (χ1v) is 13.7. The van der Waals surface area contributed by atoms with Crippen molar-refractivity contribution in [3.8, 4) is 11.3 Å². The van der Waals surface area contributed by atoms with Gasteiger partial charge in [0.05, 0.1) is 21.3 Å². The fourth-order valence-corrected chi connectivity index (χ4v) is 5.75. The minimum atomic E-state index is -3.70. The average molecular weight is 583 g/mol. The molecule has 5 rings (SSSR count). The maximum atomic E-state index is 12.9. The van der Waals surface area contributed by atoms with Gasteiger partial charge in [-0.05, 0) is 58.2 Å². The van der Waals surface area contributed by atoms with Gasteiger partial charge in [-0.3, -0.25) is 4.72 Å². The number of rotatable bonds is 7. The molecule has 10 heteroatoms. The summed E-state index contributed by atoms with van der Waals surface area (Å²) in [6, 6.07) is 23.6. The van der Waals surface area contributed by atoms with Gasteiger partial charge in [0.1, 0.15) is 5.82 Å². The molecule has 0 unspecified atom stereocenters. The van der Waals surface area contributed by atoms with Gasteiger partial charge in [0.15, 0.2) is 5.65 Å². The smallest absolute Gasteiger partial charge is 0.262 e. The van der Waals surface area contributed by atoms with Crippen LogP contribution in [0.2, 0.25) is 5.02 Å². The molecular formula is C26H21BrClN5O2S. The predicted molar refractivity (Wildman–Crippen MR) is 147 cm³/mol. The quantitative estimate of drug-likeness (QED) is 0.228. The summed E-state index contributed by atoms with van der Waals surface area (Å²) in [5.74, 6) is 0.714. The molecule has 0 fully saturated rings. The van der Waals surface area contributed by atoms with Gasteiger partial charge in [-0.25, -0.2) is 13.4 Å². The van der Waals surface area contributed by atoms with Gasteiger partial charge in [0.25, 0.3) is 10.0 Å². The number of benzene rings is 3. The highest BCUT2D eigenvalue weighted by atomic mass is 79.9. The van der Waals surface area contributed by atoms with Crippen LogP contribution in [-0.2, 0) is 16.6 Å². The topological polar surface area (TPSA) is 88.4 Å². The van der Waals surface area contributed by atoms with Gasteiger partial charge in [-0.2, -0.15) is 9.61 Å². The van der Waals surface area contributed by atoms with Crippen LogP contribution in [0.25, 0.3) is 16.9 Å². The first-order chi connectivity index (χ1) is 17.3. The minimum Gasteiger partial charge on any atom is -0.366 e. The summed E-state index contributed by atoms with van der Waals surface area (Å²) >= 11 is 9.93. The van der Waals surface area contributed by atoms with Crippen molar-refractivity contribution in [1.82, 2.24) is 14.6 Å². The molecule has 36 heavy (non-hydrogen) atoms. The summed E-state index contributed by atoms with van der Waals surface area (Å²) in [5.41, 5.74) is 4.22. The Balaban J connectivity index is 1.42. The predicted octanol–water partition coefficient (Wildman–Crippen LogP) is 6.53. The Morgan fingerprint density at radius 1 is 1.00 bits per heavy atom. The zero-order valence-corrected chi connectivity index (χ0v) is 22.3. The molecule has 0 aliphatic heterocycles. The Labute approximate surface area is 222 Å². The number of halogens is 2. The summed E-state index contributed by atoms with van der Waals surface area (Å²) in [6.07, 6.45) is 1.69. The van der Waals surface area contributed by atoms with Crippen LogP contribution in [0.15, 0.2) is 94.4 Å². The van der Waals surface area contributed by atoms with Crippen LogP contribution in [0, 0.1) is 6.92 Å². The zero-order valence-electron chi connectivity index (χ0n) is 19.1. The fraction of sp³-hybridized carbons (Fsp3) is 0.0769. The number of sulfonamides is 1. The monoisotopic (exact) mass is 581 g/mol. The van der Waals surface area contributed by atoms with E-state index < -0.39 is 10.0 Å². The van der Waals surface area contributed by atoms with E-state index in [1.54, 1.807) is 48.0 Å². The highest BCUT2D eigenvalue weighted by molar-refractivity contribution is 9.10. The van der Waals surface area contributed by atoms with Gasteiger partial charge < -0.3 is 5.32 Å². The fourth-order valence-electron chi connectivity index (χ4n) is 3.87. The van der Waals surface area contributed by atoms with Crippen molar-refractivity contribution in [3.05, 3.63) is 106 Å². The van der Waals surface area contributed by atoms with Crippen LogP contribution < -0.4 is 10.0 Å². The van der Waals surface area contributed by atoms with E-state index in [2.05, 4.69) is 31.1 Å². The third-order valence-electron chi connectivity index (χ3n) is 5.61. The van der Waals surface area contributed by atoms with E-state index in [-0.39, 0.29) is 4.90 Å². The maximum absolute atomic E-state index is 12.9. The number of hydrogen-bond acceptors (Lipinski definition) is 5. The number of aromatic nitrogens is 3. The molecule has 5 aromatic rings. The summed E-state index contributed by atoms with van der Waals surface area (Å²) in [7, 11) is -3.70. The average Bonchev–Trinajstić information content (AvgIpc) is 3.23. The second-order valence-electron chi connectivity index (χ2n) is 8.16. The van der Waals surface area contributed by atoms with E-state index >= 15 is 0 Å². The first-order valence-electron chi connectivity index (χ1n) is 11.0. The molecule has 7 nitrogen and oxygen atoms in total. The third kappa shape index (κ3) is 4.95. The maximum Gasteiger partial charge on any atom is 0.262 e. The number of fused-ring (bicyclic) bond motifs is 1. The number of nitrogens with zero attached hydrogens (tertiary/aromatic N) is 3. The van der Waals surface area contributed by atoms with Crippen LogP contribution in [0.5, 0.6) is 0 Å². The van der Waals surface area contributed by atoms with E-state index in [9.17, 15) is 8.42 Å². The molecule has 0 saturated heterocycles. The van der Waals surface area contributed by atoms with Crippen molar-refractivity contribution in [1.29, 1.82) is 0 Å². The van der Waals surface area contributed by atoms with Crippen LogP contribution in [-0.4, -0.2) is 23.0 Å². The molecule has 0 atom stereocenters. The molecule has 0 bridgehead atoms. The van der Waals surface area contributed by atoms with Gasteiger partial charge in [-0.15, -0.1) is 0 Å². The lowest BCUT2D eigenvalue weighted by molar-refractivity contribution is 0.600. The van der Waals surface area contributed by atoms with Crippen molar-refractivity contribution in [2.75, 3.05) is 10.0 Å². The van der Waals surface area contributed by atoms with Gasteiger partial charge in [0, 0.05) is 28.9 Å². The molecule has 2 heterocycles. The third-order valence-corrected chi connectivity index (χ3v) is 8.05. The number of hydrogen-bond donors (Lipinski definition) is 2. The van der Waals surface area contributed by atoms with E-state index in [1.165, 1.54) is 0 Å². The molecule has 0 saturated carbocycles. The van der Waals surface area contributed by atoms with E-state index in [4.69, 9.17) is 16.6 Å². The Hall–Kier alpha value is -3.40. The number of anilines is 2. The standard InChI is InChI=1S/C26H21BrClN5O2S/c1-17-7-2-5-12-24(17)36(34,35)32-19-9-6-8-18(13-19)15-29-25-14-23(20-10-3-4-11-22(20)28)31-26-21(27)16-30-33(25)26/h2-14,16,29,32H,15H2,1H3. The van der Waals surface area contributed by atoms with Crippen molar-refractivity contribution in [2.24, 2.45) is 0 Å². The number of nitrogens with one attached hydrogen (secondary N) is 2. The van der Waals surface area contributed by atoms with Crippen molar-refractivity contribution < 1.29 is 8.42 Å². The molecular weight excluding hydrogens is 562 g/mol. The van der Waals surface area contributed by atoms with Crippen molar-refractivity contribution in [3.63, 3.8) is 0 Å². The molecule has 0 spiro atoms. The van der Waals surface area contributed by atoms with E-state index in [1.807, 2.05) is 48.5 Å². The lowest BCUT2D eigenvalue weighted by atomic mass is 10.1. The molecule has 0 aliphatic rings. The van der Waals surface area contributed by atoms with Crippen LogP contribution in [0.4, 0.5) is 11.5 Å². The SMILES string of the molecule is Cc1ccccc1S(=O)(=O)Nc1cccc(CNc2cc(-c3ccccc3Cl)nc3c(Br)cnn23)c1. The molecule has 0 radical (unpaired) electrons. The van der Waals surface area contributed by atoms with Crippen LogP contribution in [0.3, 0.4) is 0 Å². The van der Waals surface area contributed by atoms with Gasteiger partial charge in [-0.1, -0.05) is 60.1 Å². The van der Waals surface area contributed by atoms with Crippen molar-refractivity contribution >= 4 is 54.7 Å². The first kappa shape index (κ1) is 24.3. The molecule has 2 aromatic heterocycles. The second kappa shape index (κ2) is 9.93.